The van der Waals surface area contributed by atoms with Gasteiger partial charge in [0.05, 0.1) is 16.4 Å². The molecule has 0 saturated carbocycles. The van der Waals surface area contributed by atoms with Gasteiger partial charge in [-0.05, 0) is 34.8 Å². The number of pyridine rings is 1. The lowest BCUT2D eigenvalue weighted by Gasteiger charge is -2.34. The summed E-state index contributed by atoms with van der Waals surface area (Å²) in [7, 11) is 0. The minimum atomic E-state index is -0.156. The Morgan fingerprint density at radius 1 is 1.18 bits per heavy atom. The average Bonchev–Trinajstić information content (AvgIpc) is 2.57. The van der Waals surface area contributed by atoms with E-state index >= 15 is 0 Å². The first-order valence-electron chi connectivity index (χ1n) is 7.15. The molecule has 6 nitrogen and oxygen atoms in total. The van der Waals surface area contributed by atoms with E-state index in [1.807, 2.05) is 6.07 Å². The molecule has 7 heteroatoms. The van der Waals surface area contributed by atoms with Crippen LogP contribution in [0.15, 0.2) is 41.5 Å². The van der Waals surface area contributed by atoms with E-state index in [-0.39, 0.29) is 11.9 Å². The number of nitrogens with one attached hydrogen (secondary N) is 1. The topological polar surface area (TPSA) is 71.0 Å². The van der Waals surface area contributed by atoms with Crippen LogP contribution in [0.2, 0.25) is 0 Å². The normalized spacial score (nSPS) is 15.6. The van der Waals surface area contributed by atoms with Crippen LogP contribution in [0.3, 0.4) is 0 Å². The summed E-state index contributed by atoms with van der Waals surface area (Å²) in [5.74, 6) is -0.156. The molecule has 2 aromatic heterocycles. The van der Waals surface area contributed by atoms with Crippen LogP contribution in [-0.4, -0.2) is 40.0 Å². The second-order valence-electron chi connectivity index (χ2n) is 5.15. The average molecular weight is 362 g/mol. The molecule has 0 radical (unpaired) electrons. The van der Waals surface area contributed by atoms with Gasteiger partial charge in [-0.25, -0.2) is 4.98 Å². The molecule has 0 unspecified atom stereocenters. The number of halogens is 1. The number of anilines is 1. The van der Waals surface area contributed by atoms with Crippen molar-refractivity contribution >= 4 is 27.5 Å². The minimum Gasteiger partial charge on any atom is -0.370 e. The highest BCUT2D eigenvalue weighted by Gasteiger charge is 2.22. The van der Waals surface area contributed by atoms with Gasteiger partial charge in [-0.2, -0.15) is 0 Å². The summed E-state index contributed by atoms with van der Waals surface area (Å²) in [4.78, 5) is 26.4. The van der Waals surface area contributed by atoms with Crippen molar-refractivity contribution < 1.29 is 4.79 Å². The first-order valence-corrected chi connectivity index (χ1v) is 7.94. The standard InChI is InChI=1S/C15H16BrN5O/c16-12-9-17-4-1-14(12)21-7-2-11(3-8-21)20-15(22)13-10-18-5-6-19-13/h1,4-6,9-11H,2-3,7-8H2,(H,20,22). The molecule has 1 fully saturated rings. The van der Waals surface area contributed by atoms with Gasteiger partial charge in [-0.15, -0.1) is 0 Å². The fourth-order valence-corrected chi connectivity index (χ4v) is 3.07. The number of amides is 1. The quantitative estimate of drug-likeness (QED) is 0.905. The fourth-order valence-electron chi connectivity index (χ4n) is 2.56. The van der Waals surface area contributed by atoms with E-state index in [0.29, 0.717) is 5.69 Å². The van der Waals surface area contributed by atoms with Crippen molar-refractivity contribution in [2.24, 2.45) is 0 Å². The number of piperidine rings is 1. The zero-order valence-corrected chi connectivity index (χ0v) is 13.5. The molecule has 1 amide bonds. The number of carbonyl (C=O) groups is 1. The van der Waals surface area contributed by atoms with Crippen molar-refractivity contribution in [3.05, 3.63) is 47.2 Å². The van der Waals surface area contributed by atoms with Crippen molar-refractivity contribution in [3.63, 3.8) is 0 Å². The maximum Gasteiger partial charge on any atom is 0.271 e. The zero-order chi connectivity index (χ0) is 15.4. The van der Waals surface area contributed by atoms with E-state index in [2.05, 4.69) is 41.1 Å². The van der Waals surface area contributed by atoms with E-state index in [9.17, 15) is 4.79 Å². The summed E-state index contributed by atoms with van der Waals surface area (Å²) in [6.07, 6.45) is 9.97. The molecule has 114 valence electrons. The smallest absolute Gasteiger partial charge is 0.271 e. The van der Waals surface area contributed by atoms with Crippen LogP contribution < -0.4 is 10.2 Å². The van der Waals surface area contributed by atoms with Crippen molar-refractivity contribution in [3.8, 4) is 0 Å². The molecule has 1 aliphatic heterocycles. The van der Waals surface area contributed by atoms with Gasteiger partial charge >= 0.3 is 0 Å². The zero-order valence-electron chi connectivity index (χ0n) is 11.9. The first-order chi connectivity index (χ1) is 10.7. The van der Waals surface area contributed by atoms with E-state index < -0.39 is 0 Å². The molecule has 1 aliphatic rings. The highest BCUT2D eigenvalue weighted by molar-refractivity contribution is 9.10. The molecule has 3 heterocycles. The van der Waals surface area contributed by atoms with Gasteiger partial charge in [-0.1, -0.05) is 0 Å². The van der Waals surface area contributed by atoms with Crippen molar-refractivity contribution in [2.45, 2.75) is 18.9 Å². The lowest BCUT2D eigenvalue weighted by atomic mass is 10.0. The van der Waals surface area contributed by atoms with E-state index in [1.165, 1.54) is 12.4 Å². The number of rotatable bonds is 3. The van der Waals surface area contributed by atoms with Crippen molar-refractivity contribution in [1.82, 2.24) is 20.3 Å². The third kappa shape index (κ3) is 3.41. The second-order valence-corrected chi connectivity index (χ2v) is 6.01. The number of hydrogen-bond acceptors (Lipinski definition) is 5. The van der Waals surface area contributed by atoms with Crippen LogP contribution in [0.4, 0.5) is 5.69 Å². The largest absolute Gasteiger partial charge is 0.370 e. The van der Waals surface area contributed by atoms with E-state index in [1.54, 1.807) is 18.6 Å². The van der Waals surface area contributed by atoms with Gasteiger partial charge in [0.1, 0.15) is 5.69 Å². The fraction of sp³-hybridized carbons (Fsp3) is 0.333. The Balaban J connectivity index is 1.56. The predicted molar refractivity (Wildman–Crippen MR) is 86.7 cm³/mol. The Bertz CT molecular complexity index is 643. The number of carbonyl (C=O) groups excluding carboxylic acids is 1. The molecule has 22 heavy (non-hydrogen) atoms. The Hall–Kier alpha value is -2.02. The number of hydrogen-bond donors (Lipinski definition) is 1. The summed E-state index contributed by atoms with van der Waals surface area (Å²) in [6.45, 7) is 1.79. The summed E-state index contributed by atoms with van der Waals surface area (Å²) in [5, 5.41) is 3.03. The van der Waals surface area contributed by atoms with Crippen LogP contribution >= 0.6 is 15.9 Å². The summed E-state index contributed by atoms with van der Waals surface area (Å²) in [6, 6.07) is 2.18. The molecule has 3 rings (SSSR count). The van der Waals surface area contributed by atoms with Crippen LogP contribution in [0.5, 0.6) is 0 Å². The van der Waals surface area contributed by atoms with Gasteiger partial charge < -0.3 is 10.2 Å². The van der Waals surface area contributed by atoms with E-state index in [4.69, 9.17) is 0 Å². The number of aromatic nitrogens is 3. The van der Waals surface area contributed by atoms with Crippen LogP contribution in [0, 0.1) is 0 Å². The van der Waals surface area contributed by atoms with Gasteiger partial charge in [0.15, 0.2) is 0 Å². The molecule has 0 spiro atoms. The Labute approximate surface area is 137 Å². The predicted octanol–water partition coefficient (Wildman–Crippen LogP) is 2.03. The summed E-state index contributed by atoms with van der Waals surface area (Å²) >= 11 is 3.53. The summed E-state index contributed by atoms with van der Waals surface area (Å²) in [5.41, 5.74) is 1.51. The molecular formula is C15H16BrN5O. The molecule has 2 aromatic rings. The van der Waals surface area contributed by atoms with Gasteiger partial charge in [-0.3, -0.25) is 14.8 Å². The minimum absolute atomic E-state index is 0.156. The SMILES string of the molecule is O=C(NC1CCN(c2ccncc2Br)CC1)c1cnccn1. The molecule has 1 N–H and O–H groups in total. The van der Waals surface area contributed by atoms with Gasteiger partial charge in [0, 0.05) is 43.9 Å². The lowest BCUT2D eigenvalue weighted by Crippen LogP contribution is -2.45. The monoisotopic (exact) mass is 361 g/mol. The molecular weight excluding hydrogens is 346 g/mol. The maximum absolute atomic E-state index is 12.1. The highest BCUT2D eigenvalue weighted by atomic mass is 79.9. The van der Waals surface area contributed by atoms with Crippen LogP contribution in [0.1, 0.15) is 23.3 Å². The molecule has 1 saturated heterocycles. The van der Waals surface area contributed by atoms with Gasteiger partial charge in [0.2, 0.25) is 0 Å². The molecule has 0 aliphatic carbocycles. The number of nitrogens with zero attached hydrogens (tertiary/aromatic N) is 4. The Morgan fingerprint density at radius 3 is 2.64 bits per heavy atom. The maximum atomic E-state index is 12.1. The third-order valence-electron chi connectivity index (χ3n) is 3.72. The molecule has 0 bridgehead atoms. The highest BCUT2D eigenvalue weighted by Crippen LogP contribution is 2.27. The lowest BCUT2D eigenvalue weighted by molar-refractivity contribution is 0.0925. The van der Waals surface area contributed by atoms with Gasteiger partial charge in [0.25, 0.3) is 5.91 Å². The molecule has 0 aromatic carbocycles. The second kappa shape index (κ2) is 6.83. The third-order valence-corrected chi connectivity index (χ3v) is 4.33. The molecule has 0 atom stereocenters. The van der Waals surface area contributed by atoms with Crippen molar-refractivity contribution in [1.29, 1.82) is 0 Å². The van der Waals surface area contributed by atoms with Crippen LogP contribution in [0.25, 0.3) is 0 Å². The van der Waals surface area contributed by atoms with E-state index in [0.717, 1.165) is 36.1 Å². The summed E-state index contributed by atoms with van der Waals surface area (Å²) < 4.78 is 0.997. The Kier molecular flexibility index (Phi) is 4.62. The first kappa shape index (κ1) is 14.9. The van der Waals surface area contributed by atoms with Crippen LogP contribution in [-0.2, 0) is 0 Å². The van der Waals surface area contributed by atoms with Crippen molar-refractivity contribution in [2.75, 3.05) is 18.0 Å². The Morgan fingerprint density at radius 2 is 1.95 bits per heavy atom.